The normalized spacial score (nSPS) is 12.6. The van der Waals surface area contributed by atoms with Crippen LogP contribution in [0.1, 0.15) is 25.0 Å². The second kappa shape index (κ2) is 4.15. The highest BCUT2D eigenvalue weighted by Gasteiger charge is 2.09. The summed E-state index contributed by atoms with van der Waals surface area (Å²) in [5, 5.41) is 0. The Morgan fingerprint density at radius 1 is 1.25 bits per heavy atom. The summed E-state index contributed by atoms with van der Waals surface area (Å²) in [6.45, 7) is 6.95. The Hall–Kier alpha value is -0.980. The molecule has 0 saturated heterocycles. The molecule has 0 fully saturated rings. The number of rotatable bonds is 0. The number of aryl methyl sites for hydroxylation is 1. The maximum absolute atomic E-state index is 5.38. The van der Waals surface area contributed by atoms with Crippen LogP contribution in [0, 0.1) is 6.92 Å². The van der Waals surface area contributed by atoms with E-state index in [0.717, 1.165) is 18.8 Å². The zero-order valence-corrected chi connectivity index (χ0v) is 8.05. The third kappa shape index (κ3) is 1.79. The van der Waals surface area contributed by atoms with Crippen LogP contribution < -0.4 is 4.74 Å². The quantitative estimate of drug-likeness (QED) is 0.573. The van der Waals surface area contributed by atoms with E-state index in [1.807, 2.05) is 13.8 Å². The molecule has 1 heteroatoms. The summed E-state index contributed by atoms with van der Waals surface area (Å²) in [6.07, 6.45) is 1.08. The van der Waals surface area contributed by atoms with Gasteiger partial charge < -0.3 is 4.74 Å². The molecule has 0 bridgehead atoms. The fraction of sp³-hybridized carbons (Fsp3) is 0.455. The molecule has 1 heterocycles. The van der Waals surface area contributed by atoms with Gasteiger partial charge in [-0.1, -0.05) is 26.0 Å². The number of hydrogen-bond donors (Lipinski definition) is 0. The van der Waals surface area contributed by atoms with E-state index in [4.69, 9.17) is 4.74 Å². The van der Waals surface area contributed by atoms with Crippen molar-refractivity contribution in [3.63, 3.8) is 0 Å². The van der Waals surface area contributed by atoms with Gasteiger partial charge >= 0.3 is 0 Å². The Morgan fingerprint density at radius 3 is 2.75 bits per heavy atom. The van der Waals surface area contributed by atoms with Gasteiger partial charge in [0.05, 0.1) is 6.61 Å². The molecule has 12 heavy (non-hydrogen) atoms. The average Bonchev–Trinajstić information content (AvgIpc) is 2.54. The van der Waals surface area contributed by atoms with Crippen molar-refractivity contribution in [2.24, 2.45) is 0 Å². The van der Waals surface area contributed by atoms with Gasteiger partial charge in [0.1, 0.15) is 5.75 Å². The van der Waals surface area contributed by atoms with E-state index in [1.54, 1.807) is 0 Å². The average molecular weight is 164 g/mol. The predicted octanol–water partition coefficient (Wildman–Crippen LogP) is 2.96. The molecule has 0 saturated carbocycles. The van der Waals surface area contributed by atoms with Crippen molar-refractivity contribution in [2.45, 2.75) is 27.2 Å². The maximum Gasteiger partial charge on any atom is 0.122 e. The molecule has 1 aliphatic heterocycles. The first-order valence-electron chi connectivity index (χ1n) is 4.58. The third-order valence-corrected chi connectivity index (χ3v) is 1.85. The van der Waals surface area contributed by atoms with E-state index in [9.17, 15) is 0 Å². The van der Waals surface area contributed by atoms with E-state index in [0.29, 0.717) is 0 Å². The van der Waals surface area contributed by atoms with Crippen molar-refractivity contribution < 1.29 is 4.74 Å². The van der Waals surface area contributed by atoms with Gasteiger partial charge in [-0.3, -0.25) is 0 Å². The van der Waals surface area contributed by atoms with E-state index in [2.05, 4.69) is 25.1 Å². The topological polar surface area (TPSA) is 9.23 Å². The van der Waals surface area contributed by atoms with Crippen molar-refractivity contribution in [2.75, 3.05) is 6.61 Å². The Morgan fingerprint density at radius 2 is 2.00 bits per heavy atom. The second-order valence-electron chi connectivity index (χ2n) is 2.71. The van der Waals surface area contributed by atoms with Crippen LogP contribution in [-0.2, 0) is 6.42 Å². The molecule has 0 spiro atoms. The van der Waals surface area contributed by atoms with Crippen LogP contribution in [0.3, 0.4) is 0 Å². The molecule has 0 radical (unpaired) electrons. The van der Waals surface area contributed by atoms with Crippen LogP contribution in [0.5, 0.6) is 5.75 Å². The lowest BCUT2D eigenvalue weighted by Gasteiger charge is -1.97. The van der Waals surface area contributed by atoms with Gasteiger partial charge in [-0.05, 0) is 24.1 Å². The highest BCUT2D eigenvalue weighted by Crippen LogP contribution is 2.25. The first-order chi connectivity index (χ1) is 5.86. The molecule has 1 aromatic rings. The molecule has 1 aliphatic rings. The summed E-state index contributed by atoms with van der Waals surface area (Å²) >= 11 is 0. The molecule has 2 rings (SSSR count). The van der Waals surface area contributed by atoms with E-state index >= 15 is 0 Å². The third-order valence-electron chi connectivity index (χ3n) is 1.85. The van der Waals surface area contributed by atoms with Crippen LogP contribution in [0.15, 0.2) is 18.2 Å². The Kier molecular flexibility index (Phi) is 3.15. The Balaban J connectivity index is 0.000000336. The van der Waals surface area contributed by atoms with Crippen molar-refractivity contribution in [3.8, 4) is 5.75 Å². The fourth-order valence-electron chi connectivity index (χ4n) is 1.27. The second-order valence-corrected chi connectivity index (χ2v) is 2.71. The first-order valence-corrected chi connectivity index (χ1v) is 4.58. The zero-order chi connectivity index (χ0) is 8.97. The monoisotopic (exact) mass is 164 g/mol. The number of hydrogen-bond acceptors (Lipinski definition) is 1. The molecule has 0 unspecified atom stereocenters. The minimum Gasteiger partial charge on any atom is -0.493 e. The molecular weight excluding hydrogens is 148 g/mol. The van der Waals surface area contributed by atoms with Gasteiger partial charge in [0.25, 0.3) is 0 Å². The summed E-state index contributed by atoms with van der Waals surface area (Å²) in [5.41, 5.74) is 2.63. The Bertz CT molecular complexity index is 253. The van der Waals surface area contributed by atoms with Gasteiger partial charge in [-0.15, -0.1) is 0 Å². The van der Waals surface area contributed by atoms with Gasteiger partial charge in [0.15, 0.2) is 0 Å². The minimum atomic E-state index is 0.860. The lowest BCUT2D eigenvalue weighted by atomic mass is 10.1. The van der Waals surface area contributed by atoms with Crippen molar-refractivity contribution in [3.05, 3.63) is 29.3 Å². The highest BCUT2D eigenvalue weighted by molar-refractivity contribution is 5.39. The van der Waals surface area contributed by atoms with Crippen LogP contribution in [0.25, 0.3) is 0 Å². The minimum absolute atomic E-state index is 0.860. The van der Waals surface area contributed by atoms with Gasteiger partial charge in [-0.25, -0.2) is 0 Å². The van der Waals surface area contributed by atoms with Crippen molar-refractivity contribution in [1.82, 2.24) is 0 Å². The molecule has 66 valence electrons. The highest BCUT2D eigenvalue weighted by atomic mass is 16.5. The number of ether oxygens (including phenoxy) is 1. The van der Waals surface area contributed by atoms with Crippen LogP contribution in [0.4, 0.5) is 0 Å². The van der Waals surface area contributed by atoms with E-state index < -0.39 is 0 Å². The van der Waals surface area contributed by atoms with Crippen molar-refractivity contribution >= 4 is 0 Å². The number of benzene rings is 1. The van der Waals surface area contributed by atoms with Gasteiger partial charge in [0, 0.05) is 6.42 Å². The summed E-state index contributed by atoms with van der Waals surface area (Å²) in [5.74, 6) is 1.08. The predicted molar refractivity (Wildman–Crippen MR) is 51.7 cm³/mol. The summed E-state index contributed by atoms with van der Waals surface area (Å²) in [4.78, 5) is 0. The van der Waals surface area contributed by atoms with Crippen LogP contribution >= 0.6 is 0 Å². The zero-order valence-electron chi connectivity index (χ0n) is 8.05. The summed E-state index contributed by atoms with van der Waals surface area (Å²) < 4.78 is 5.38. The summed E-state index contributed by atoms with van der Waals surface area (Å²) in [6, 6.07) is 6.38. The standard InChI is InChI=1S/C9H10O.C2H6/c1-7-2-3-8-4-5-10-9(8)6-7;1-2/h2-3,6H,4-5H2,1H3;1-2H3. The first kappa shape index (κ1) is 9.11. The van der Waals surface area contributed by atoms with Crippen LogP contribution in [0.2, 0.25) is 0 Å². The van der Waals surface area contributed by atoms with Gasteiger partial charge in [-0.2, -0.15) is 0 Å². The largest absolute Gasteiger partial charge is 0.493 e. The fourth-order valence-corrected chi connectivity index (χ4v) is 1.27. The van der Waals surface area contributed by atoms with E-state index in [-0.39, 0.29) is 0 Å². The molecule has 0 N–H and O–H groups in total. The van der Waals surface area contributed by atoms with Crippen molar-refractivity contribution in [1.29, 1.82) is 0 Å². The smallest absolute Gasteiger partial charge is 0.122 e. The molecule has 0 aromatic heterocycles. The Labute approximate surface area is 74.4 Å². The SMILES string of the molecule is CC.Cc1ccc2c(c1)OCC2. The molecule has 0 atom stereocenters. The molecule has 1 aromatic carbocycles. The van der Waals surface area contributed by atoms with E-state index in [1.165, 1.54) is 11.1 Å². The maximum atomic E-state index is 5.38. The van der Waals surface area contributed by atoms with Gasteiger partial charge in [0.2, 0.25) is 0 Å². The molecular formula is C11H16O. The molecule has 0 amide bonds. The lowest BCUT2D eigenvalue weighted by Crippen LogP contribution is -1.86. The molecule has 1 nitrogen and oxygen atoms in total. The summed E-state index contributed by atoms with van der Waals surface area (Å²) in [7, 11) is 0. The number of fused-ring (bicyclic) bond motifs is 1. The van der Waals surface area contributed by atoms with Crippen LogP contribution in [-0.4, -0.2) is 6.61 Å². The lowest BCUT2D eigenvalue weighted by molar-refractivity contribution is 0.356. The molecule has 0 aliphatic carbocycles.